The minimum atomic E-state index is -1.16. The van der Waals surface area contributed by atoms with Crippen molar-refractivity contribution in [2.24, 2.45) is 0 Å². The SMILES string of the molecule is C=C(C(=O)O)c1nnco1. The molecule has 0 atom stereocenters. The molecule has 0 aromatic carbocycles. The fraction of sp³-hybridized carbons (Fsp3) is 0. The molecule has 0 aliphatic carbocycles. The van der Waals surface area contributed by atoms with Crippen molar-refractivity contribution >= 4 is 11.5 Å². The minimum absolute atomic E-state index is 0.0625. The Morgan fingerprint density at radius 3 is 2.90 bits per heavy atom. The number of hydrogen-bond donors (Lipinski definition) is 1. The molecule has 1 aromatic heterocycles. The van der Waals surface area contributed by atoms with E-state index in [0.717, 1.165) is 6.39 Å². The zero-order chi connectivity index (χ0) is 7.56. The van der Waals surface area contributed by atoms with Crippen LogP contribution < -0.4 is 0 Å². The highest BCUT2D eigenvalue weighted by Gasteiger charge is 2.11. The molecule has 0 saturated carbocycles. The van der Waals surface area contributed by atoms with Gasteiger partial charge in [-0.2, -0.15) is 0 Å². The van der Waals surface area contributed by atoms with E-state index in [1.54, 1.807) is 0 Å². The Morgan fingerprint density at radius 2 is 2.50 bits per heavy atom. The Hall–Kier alpha value is -1.65. The van der Waals surface area contributed by atoms with Crippen LogP contribution in [0.4, 0.5) is 0 Å². The summed E-state index contributed by atoms with van der Waals surface area (Å²) in [5.74, 6) is -1.23. The normalized spacial score (nSPS) is 9.20. The molecule has 5 heteroatoms. The monoisotopic (exact) mass is 140 g/mol. The zero-order valence-electron chi connectivity index (χ0n) is 4.94. The lowest BCUT2D eigenvalue weighted by Gasteiger charge is -1.87. The number of aromatic nitrogens is 2. The molecule has 1 heterocycles. The summed E-state index contributed by atoms with van der Waals surface area (Å²) >= 11 is 0. The predicted octanol–water partition coefficient (Wildman–Crippen LogP) is 0.167. The first-order valence-electron chi connectivity index (χ1n) is 2.40. The van der Waals surface area contributed by atoms with Gasteiger partial charge in [-0.05, 0) is 0 Å². The first kappa shape index (κ1) is 6.47. The molecule has 0 saturated heterocycles. The topological polar surface area (TPSA) is 76.2 Å². The van der Waals surface area contributed by atoms with Crippen LogP contribution in [-0.2, 0) is 4.79 Å². The third-order valence-corrected chi connectivity index (χ3v) is 0.876. The van der Waals surface area contributed by atoms with Gasteiger partial charge in [0.2, 0.25) is 6.39 Å². The van der Waals surface area contributed by atoms with E-state index < -0.39 is 5.97 Å². The van der Waals surface area contributed by atoms with Gasteiger partial charge in [0.05, 0.1) is 0 Å². The molecule has 0 amide bonds. The standard InChI is InChI=1S/C5H4N2O3/c1-3(5(8)9)4-7-6-2-10-4/h2H,1H2,(H,8,9). The zero-order valence-corrected chi connectivity index (χ0v) is 4.94. The quantitative estimate of drug-likeness (QED) is 0.592. The number of aliphatic carboxylic acids is 1. The summed E-state index contributed by atoms with van der Waals surface area (Å²) in [7, 11) is 0. The smallest absolute Gasteiger partial charge is 0.340 e. The molecule has 0 radical (unpaired) electrons. The van der Waals surface area contributed by atoms with E-state index in [2.05, 4.69) is 21.2 Å². The number of carboxylic acids is 1. The van der Waals surface area contributed by atoms with E-state index in [1.165, 1.54) is 0 Å². The minimum Gasteiger partial charge on any atom is -0.478 e. The van der Waals surface area contributed by atoms with Gasteiger partial charge in [0.25, 0.3) is 5.89 Å². The average molecular weight is 140 g/mol. The van der Waals surface area contributed by atoms with Crippen molar-refractivity contribution < 1.29 is 14.3 Å². The van der Waals surface area contributed by atoms with Gasteiger partial charge >= 0.3 is 5.97 Å². The highest BCUT2D eigenvalue weighted by atomic mass is 16.4. The molecule has 0 aliphatic rings. The molecule has 0 aliphatic heterocycles. The summed E-state index contributed by atoms with van der Waals surface area (Å²) in [6.07, 6.45) is 1.05. The molecule has 0 fully saturated rings. The lowest BCUT2D eigenvalue weighted by atomic mass is 10.3. The Labute approximate surface area is 56.0 Å². The molecule has 5 nitrogen and oxygen atoms in total. The van der Waals surface area contributed by atoms with Gasteiger partial charge in [0, 0.05) is 0 Å². The maximum atomic E-state index is 10.2. The predicted molar refractivity (Wildman–Crippen MR) is 31.0 cm³/mol. The van der Waals surface area contributed by atoms with Gasteiger partial charge in [-0.25, -0.2) is 4.79 Å². The molecule has 0 bridgehead atoms. The summed E-state index contributed by atoms with van der Waals surface area (Å²) < 4.78 is 4.55. The molecule has 0 unspecified atom stereocenters. The van der Waals surface area contributed by atoms with Crippen LogP contribution in [0.2, 0.25) is 0 Å². The summed E-state index contributed by atoms with van der Waals surface area (Å²) in [6, 6.07) is 0. The summed E-state index contributed by atoms with van der Waals surface area (Å²) in [4.78, 5) is 10.2. The van der Waals surface area contributed by atoms with Crippen molar-refractivity contribution in [2.75, 3.05) is 0 Å². The van der Waals surface area contributed by atoms with E-state index in [1.807, 2.05) is 0 Å². The second-order valence-corrected chi connectivity index (χ2v) is 1.53. The van der Waals surface area contributed by atoms with Gasteiger partial charge < -0.3 is 9.52 Å². The van der Waals surface area contributed by atoms with E-state index in [9.17, 15) is 4.79 Å². The Kier molecular flexibility index (Phi) is 1.49. The highest BCUT2D eigenvalue weighted by Crippen LogP contribution is 2.06. The Bertz CT molecular complexity index is 252. The molecule has 0 spiro atoms. The number of hydrogen-bond acceptors (Lipinski definition) is 4. The summed E-state index contributed by atoms with van der Waals surface area (Å²) in [5.41, 5.74) is -0.197. The highest BCUT2D eigenvalue weighted by molar-refractivity contribution is 6.12. The van der Waals surface area contributed by atoms with Crippen molar-refractivity contribution in [3.05, 3.63) is 18.9 Å². The van der Waals surface area contributed by atoms with Crippen molar-refractivity contribution in [1.29, 1.82) is 0 Å². The van der Waals surface area contributed by atoms with Gasteiger partial charge in [0.15, 0.2) is 0 Å². The number of carbonyl (C=O) groups is 1. The maximum absolute atomic E-state index is 10.2. The molecule has 1 rings (SSSR count). The van der Waals surface area contributed by atoms with E-state index in [-0.39, 0.29) is 11.5 Å². The van der Waals surface area contributed by atoms with Crippen LogP contribution in [-0.4, -0.2) is 21.3 Å². The number of nitrogens with zero attached hydrogens (tertiary/aromatic N) is 2. The Morgan fingerprint density at radius 1 is 1.80 bits per heavy atom. The van der Waals surface area contributed by atoms with Gasteiger partial charge in [0.1, 0.15) is 5.57 Å². The third-order valence-electron chi connectivity index (χ3n) is 0.876. The van der Waals surface area contributed by atoms with Crippen LogP contribution in [0, 0.1) is 0 Å². The van der Waals surface area contributed by atoms with E-state index in [4.69, 9.17) is 5.11 Å². The van der Waals surface area contributed by atoms with Crippen LogP contribution in [0.5, 0.6) is 0 Å². The maximum Gasteiger partial charge on any atom is 0.340 e. The van der Waals surface area contributed by atoms with E-state index >= 15 is 0 Å². The fourth-order valence-corrected chi connectivity index (χ4v) is 0.396. The fourth-order valence-electron chi connectivity index (χ4n) is 0.396. The van der Waals surface area contributed by atoms with Gasteiger partial charge in [-0.1, -0.05) is 6.58 Å². The van der Waals surface area contributed by atoms with E-state index in [0.29, 0.717) is 0 Å². The number of carboxylic acid groups (broad SMARTS) is 1. The molecular formula is C5H4N2O3. The van der Waals surface area contributed by atoms with Crippen molar-refractivity contribution in [2.45, 2.75) is 0 Å². The largest absolute Gasteiger partial charge is 0.478 e. The van der Waals surface area contributed by atoms with Crippen molar-refractivity contribution in [3.8, 4) is 0 Å². The second-order valence-electron chi connectivity index (χ2n) is 1.53. The third kappa shape index (κ3) is 1.02. The van der Waals surface area contributed by atoms with Crippen molar-refractivity contribution in [1.82, 2.24) is 10.2 Å². The first-order chi connectivity index (χ1) is 4.72. The second kappa shape index (κ2) is 2.30. The van der Waals surface area contributed by atoms with Gasteiger partial charge in [-0.15, -0.1) is 10.2 Å². The van der Waals surface area contributed by atoms with Crippen molar-refractivity contribution in [3.63, 3.8) is 0 Å². The average Bonchev–Trinajstić information content (AvgIpc) is 2.36. The molecule has 52 valence electrons. The van der Waals surface area contributed by atoms with Crippen LogP contribution >= 0.6 is 0 Å². The van der Waals surface area contributed by atoms with Crippen LogP contribution in [0.15, 0.2) is 17.4 Å². The molecule has 10 heavy (non-hydrogen) atoms. The lowest BCUT2D eigenvalue weighted by molar-refractivity contribution is -0.130. The first-order valence-corrected chi connectivity index (χ1v) is 2.40. The molecular weight excluding hydrogens is 136 g/mol. The Balaban J connectivity index is 2.88. The lowest BCUT2D eigenvalue weighted by Crippen LogP contribution is -1.97. The molecule has 1 aromatic rings. The van der Waals surface area contributed by atoms with Gasteiger partial charge in [-0.3, -0.25) is 0 Å². The molecule has 1 N–H and O–H groups in total. The summed E-state index contributed by atoms with van der Waals surface area (Å²) in [5, 5.41) is 15.0. The van der Waals surface area contributed by atoms with Crippen LogP contribution in [0.3, 0.4) is 0 Å². The number of rotatable bonds is 2. The van der Waals surface area contributed by atoms with Crippen LogP contribution in [0.25, 0.3) is 5.57 Å². The van der Waals surface area contributed by atoms with Crippen LogP contribution in [0.1, 0.15) is 5.89 Å². The summed E-state index contributed by atoms with van der Waals surface area (Å²) in [6.45, 7) is 3.20.